The molecule has 4 aromatic rings. The van der Waals surface area contributed by atoms with Crippen molar-refractivity contribution in [2.45, 2.75) is 25.9 Å². The summed E-state index contributed by atoms with van der Waals surface area (Å²) >= 11 is 3.46. The predicted octanol–water partition coefficient (Wildman–Crippen LogP) is 4.67. The average molecular weight is 412 g/mol. The van der Waals surface area contributed by atoms with Crippen LogP contribution in [0.2, 0.25) is 0 Å². The number of halogens is 1. The molecular weight excluding hydrogens is 394 g/mol. The third-order valence-corrected chi connectivity index (χ3v) is 5.01. The van der Waals surface area contributed by atoms with Crippen LogP contribution in [0.5, 0.6) is 0 Å². The monoisotopic (exact) mass is 411 g/mol. The van der Waals surface area contributed by atoms with Gasteiger partial charge >= 0.3 is 0 Å². The minimum absolute atomic E-state index is 0.185. The van der Waals surface area contributed by atoms with Crippen LogP contribution in [-0.4, -0.2) is 9.97 Å². The lowest BCUT2D eigenvalue weighted by Crippen LogP contribution is -2.23. The molecule has 1 atom stereocenters. The number of furan rings is 1. The molecule has 0 aliphatic carbocycles. The zero-order valence-corrected chi connectivity index (χ0v) is 15.8. The Labute approximate surface area is 158 Å². The van der Waals surface area contributed by atoms with Crippen molar-refractivity contribution in [3.05, 3.63) is 74.7 Å². The highest BCUT2D eigenvalue weighted by atomic mass is 79.9. The fraction of sp³-hybridized carbons (Fsp3) is 0.200. The minimum atomic E-state index is -0.250. The Morgan fingerprint density at radius 3 is 2.73 bits per heavy atom. The summed E-state index contributed by atoms with van der Waals surface area (Å²) < 4.78 is 6.69. The average Bonchev–Trinajstić information content (AvgIpc) is 3.03. The second kappa shape index (κ2) is 7.05. The van der Waals surface area contributed by atoms with Gasteiger partial charge in [-0.3, -0.25) is 4.79 Å². The maximum absolute atomic E-state index is 12.4. The van der Waals surface area contributed by atoms with Gasteiger partial charge in [0, 0.05) is 15.9 Å². The zero-order chi connectivity index (χ0) is 18.1. The standard InChI is InChI=1S/C20H18BrN3O2/c1-2-15(12-7-9-13(21)10-8-12)22-11-17-23-18-14-5-3-4-6-16(14)26-19(18)20(25)24-17/h3-10,15,22H,2,11H2,1H3,(H,23,24,25)/t15-/m0/s1. The summed E-state index contributed by atoms with van der Waals surface area (Å²) in [6.45, 7) is 2.60. The lowest BCUT2D eigenvalue weighted by molar-refractivity contribution is 0.508. The second-order valence-electron chi connectivity index (χ2n) is 6.18. The normalized spacial score (nSPS) is 12.7. The largest absolute Gasteiger partial charge is 0.449 e. The number of nitrogens with one attached hydrogen (secondary N) is 2. The van der Waals surface area contributed by atoms with Crippen LogP contribution in [0, 0.1) is 0 Å². The van der Waals surface area contributed by atoms with Crippen LogP contribution in [0.25, 0.3) is 22.1 Å². The molecule has 0 amide bonds. The van der Waals surface area contributed by atoms with Gasteiger partial charge in [0.15, 0.2) is 0 Å². The highest BCUT2D eigenvalue weighted by molar-refractivity contribution is 9.10. The maximum Gasteiger partial charge on any atom is 0.294 e. The van der Waals surface area contributed by atoms with E-state index in [0.29, 0.717) is 23.5 Å². The van der Waals surface area contributed by atoms with Crippen LogP contribution in [0.4, 0.5) is 0 Å². The maximum atomic E-state index is 12.4. The van der Waals surface area contributed by atoms with Crippen LogP contribution in [0.1, 0.15) is 30.8 Å². The number of aromatic amines is 1. The summed E-state index contributed by atoms with van der Waals surface area (Å²) in [5.41, 5.74) is 2.51. The van der Waals surface area contributed by atoms with Crippen LogP contribution < -0.4 is 10.9 Å². The summed E-state index contributed by atoms with van der Waals surface area (Å²) in [5.74, 6) is 0.601. The van der Waals surface area contributed by atoms with E-state index in [1.807, 2.05) is 36.4 Å². The summed E-state index contributed by atoms with van der Waals surface area (Å²) in [7, 11) is 0. The van der Waals surface area contributed by atoms with Crippen molar-refractivity contribution in [1.82, 2.24) is 15.3 Å². The Morgan fingerprint density at radius 2 is 1.96 bits per heavy atom. The van der Waals surface area contributed by atoms with Gasteiger partial charge in [-0.15, -0.1) is 0 Å². The van der Waals surface area contributed by atoms with E-state index in [2.05, 4.69) is 50.3 Å². The third kappa shape index (κ3) is 3.18. The molecule has 132 valence electrons. The first-order valence-electron chi connectivity index (χ1n) is 8.55. The number of para-hydroxylation sites is 1. The van der Waals surface area contributed by atoms with Gasteiger partial charge < -0.3 is 14.7 Å². The van der Waals surface area contributed by atoms with Crippen molar-refractivity contribution in [2.75, 3.05) is 0 Å². The molecule has 0 aliphatic rings. The molecule has 0 bridgehead atoms. The number of aromatic nitrogens is 2. The zero-order valence-electron chi connectivity index (χ0n) is 14.3. The molecule has 2 aromatic carbocycles. The Balaban J connectivity index is 1.63. The summed E-state index contributed by atoms with van der Waals surface area (Å²) in [6, 6.07) is 16.0. The number of H-pyrrole nitrogens is 1. The van der Waals surface area contributed by atoms with Gasteiger partial charge in [0.1, 0.15) is 16.9 Å². The van der Waals surface area contributed by atoms with E-state index in [1.54, 1.807) is 0 Å². The molecule has 0 spiro atoms. The molecule has 0 saturated carbocycles. The topological polar surface area (TPSA) is 70.9 Å². The van der Waals surface area contributed by atoms with E-state index in [1.165, 1.54) is 5.56 Å². The lowest BCUT2D eigenvalue weighted by Gasteiger charge is -2.17. The SMILES string of the molecule is CC[C@H](NCc1nc2c(oc3ccccc32)c(=O)[nH]1)c1ccc(Br)cc1. The molecule has 2 aromatic heterocycles. The van der Waals surface area contributed by atoms with Crippen molar-refractivity contribution in [3.8, 4) is 0 Å². The Bertz CT molecular complexity index is 1120. The van der Waals surface area contributed by atoms with E-state index in [9.17, 15) is 4.79 Å². The van der Waals surface area contributed by atoms with Crippen LogP contribution in [0.15, 0.2) is 62.2 Å². The molecule has 0 unspecified atom stereocenters. The smallest absolute Gasteiger partial charge is 0.294 e. The lowest BCUT2D eigenvalue weighted by atomic mass is 10.0. The molecule has 2 heterocycles. The van der Waals surface area contributed by atoms with E-state index < -0.39 is 0 Å². The second-order valence-corrected chi connectivity index (χ2v) is 7.10. The van der Waals surface area contributed by atoms with Gasteiger partial charge in [0.05, 0.1) is 6.54 Å². The van der Waals surface area contributed by atoms with Crippen molar-refractivity contribution in [2.24, 2.45) is 0 Å². The molecule has 2 N–H and O–H groups in total. The Morgan fingerprint density at radius 1 is 1.19 bits per heavy atom. The molecular formula is C20H18BrN3O2. The van der Waals surface area contributed by atoms with Gasteiger partial charge in [-0.2, -0.15) is 0 Å². The van der Waals surface area contributed by atoms with Crippen molar-refractivity contribution < 1.29 is 4.42 Å². The van der Waals surface area contributed by atoms with Gasteiger partial charge in [0.25, 0.3) is 5.56 Å². The number of rotatable bonds is 5. The van der Waals surface area contributed by atoms with E-state index in [4.69, 9.17) is 4.42 Å². The molecule has 0 fully saturated rings. The first-order chi connectivity index (χ1) is 12.7. The third-order valence-electron chi connectivity index (χ3n) is 4.48. The van der Waals surface area contributed by atoms with Crippen molar-refractivity contribution in [3.63, 3.8) is 0 Å². The van der Waals surface area contributed by atoms with Crippen molar-refractivity contribution in [1.29, 1.82) is 0 Å². The minimum Gasteiger partial charge on any atom is -0.449 e. The molecule has 0 saturated heterocycles. The molecule has 0 radical (unpaired) electrons. The first kappa shape index (κ1) is 17.0. The van der Waals surface area contributed by atoms with Crippen LogP contribution >= 0.6 is 15.9 Å². The number of hydrogen-bond donors (Lipinski definition) is 2. The molecule has 0 aliphatic heterocycles. The van der Waals surface area contributed by atoms with Crippen LogP contribution in [-0.2, 0) is 6.54 Å². The van der Waals surface area contributed by atoms with E-state index in [-0.39, 0.29) is 17.2 Å². The predicted molar refractivity (Wildman–Crippen MR) is 106 cm³/mol. The van der Waals surface area contributed by atoms with E-state index >= 15 is 0 Å². The number of benzene rings is 2. The Kier molecular flexibility index (Phi) is 4.61. The number of fused-ring (bicyclic) bond motifs is 3. The van der Waals surface area contributed by atoms with Crippen LogP contribution in [0.3, 0.4) is 0 Å². The summed E-state index contributed by atoms with van der Waals surface area (Å²) in [5, 5.41) is 4.33. The number of nitrogens with zero attached hydrogens (tertiary/aromatic N) is 1. The number of hydrogen-bond acceptors (Lipinski definition) is 4. The van der Waals surface area contributed by atoms with Crippen molar-refractivity contribution >= 4 is 38.0 Å². The highest BCUT2D eigenvalue weighted by Gasteiger charge is 2.14. The quantitative estimate of drug-likeness (QED) is 0.500. The molecule has 6 heteroatoms. The van der Waals surface area contributed by atoms with E-state index in [0.717, 1.165) is 16.3 Å². The summed E-state index contributed by atoms with van der Waals surface area (Å²) in [6.07, 6.45) is 0.933. The van der Waals surface area contributed by atoms with Gasteiger partial charge in [-0.25, -0.2) is 4.98 Å². The first-order valence-corrected chi connectivity index (χ1v) is 9.34. The summed E-state index contributed by atoms with van der Waals surface area (Å²) in [4.78, 5) is 19.8. The molecule has 4 rings (SSSR count). The van der Waals surface area contributed by atoms with Gasteiger partial charge in [-0.1, -0.05) is 47.1 Å². The Hall–Kier alpha value is -2.44. The highest BCUT2D eigenvalue weighted by Crippen LogP contribution is 2.24. The van der Waals surface area contributed by atoms with Gasteiger partial charge in [0.2, 0.25) is 5.58 Å². The molecule has 5 nitrogen and oxygen atoms in total. The van der Waals surface area contributed by atoms with Gasteiger partial charge in [-0.05, 0) is 36.2 Å². The fourth-order valence-electron chi connectivity index (χ4n) is 3.14. The fourth-order valence-corrected chi connectivity index (χ4v) is 3.41. The molecule has 26 heavy (non-hydrogen) atoms.